The predicted octanol–water partition coefficient (Wildman–Crippen LogP) is 1.72. The van der Waals surface area contributed by atoms with Crippen LogP contribution in [-0.4, -0.2) is 19.9 Å². The topological polar surface area (TPSA) is 47.8 Å². The van der Waals surface area contributed by atoms with E-state index in [0.717, 1.165) is 11.4 Å². The second kappa shape index (κ2) is 3.58. The number of carbonyl (C=O) groups is 1. The van der Waals surface area contributed by atoms with Crippen molar-refractivity contribution in [2.24, 2.45) is 7.05 Å². The summed E-state index contributed by atoms with van der Waals surface area (Å²) in [7, 11) is 1.82. The highest BCUT2D eigenvalue weighted by Crippen LogP contribution is 2.17. The smallest absolute Gasteiger partial charge is 0.207 e. The molecule has 15 heavy (non-hydrogen) atoms. The summed E-state index contributed by atoms with van der Waals surface area (Å²) < 4.78 is 5.79. The van der Waals surface area contributed by atoms with Gasteiger partial charge in [0.2, 0.25) is 5.78 Å². The summed E-state index contributed by atoms with van der Waals surface area (Å²) in [6.07, 6.45) is 1.60. The van der Waals surface area contributed by atoms with Crippen LogP contribution in [0.4, 0.5) is 0 Å². The van der Waals surface area contributed by atoms with Gasteiger partial charge in [-0.15, -0.1) is 0 Å². The van der Waals surface area contributed by atoms with Crippen LogP contribution in [0, 0.1) is 13.8 Å². The van der Waals surface area contributed by atoms with Crippen molar-refractivity contribution in [3.63, 3.8) is 0 Å². The third-order valence-electron chi connectivity index (χ3n) is 2.33. The van der Waals surface area contributed by atoms with Crippen molar-refractivity contribution < 1.29 is 4.79 Å². The molecule has 0 saturated carbocycles. The van der Waals surface area contributed by atoms with Crippen molar-refractivity contribution >= 4 is 17.3 Å². The summed E-state index contributed by atoms with van der Waals surface area (Å²) in [4.78, 5) is 12.7. The van der Waals surface area contributed by atoms with Crippen molar-refractivity contribution in [2.75, 3.05) is 0 Å². The molecule has 2 aromatic rings. The zero-order valence-corrected chi connectivity index (χ0v) is 9.63. The molecule has 0 bridgehead atoms. The molecule has 0 atom stereocenters. The summed E-state index contributed by atoms with van der Waals surface area (Å²) in [5, 5.41) is 4.05. The van der Waals surface area contributed by atoms with Crippen LogP contribution in [0.25, 0.3) is 0 Å². The van der Waals surface area contributed by atoms with Crippen LogP contribution in [0.1, 0.15) is 26.6 Å². The standard InChI is InChI=1S/C10H11N3OS/c1-6-4-9(15-12-6)10(14)8-5-11-13(3)7(8)2/h4-5H,1-3H3. The fourth-order valence-corrected chi connectivity index (χ4v) is 2.04. The van der Waals surface area contributed by atoms with E-state index in [9.17, 15) is 4.79 Å². The Balaban J connectivity index is 2.41. The quantitative estimate of drug-likeness (QED) is 0.725. The van der Waals surface area contributed by atoms with E-state index in [4.69, 9.17) is 0 Å². The zero-order valence-electron chi connectivity index (χ0n) is 8.81. The van der Waals surface area contributed by atoms with Crippen LogP contribution in [-0.2, 0) is 7.05 Å². The third kappa shape index (κ3) is 1.70. The summed E-state index contributed by atoms with van der Waals surface area (Å²) >= 11 is 1.23. The molecular formula is C10H11N3OS. The van der Waals surface area contributed by atoms with E-state index in [1.807, 2.05) is 20.9 Å². The van der Waals surface area contributed by atoms with Crippen molar-refractivity contribution in [1.82, 2.24) is 14.2 Å². The van der Waals surface area contributed by atoms with E-state index < -0.39 is 0 Å². The lowest BCUT2D eigenvalue weighted by molar-refractivity contribution is 0.104. The largest absolute Gasteiger partial charge is 0.288 e. The van der Waals surface area contributed by atoms with Crippen LogP contribution in [0.15, 0.2) is 12.3 Å². The lowest BCUT2D eigenvalue weighted by Crippen LogP contribution is -2.01. The predicted molar refractivity (Wildman–Crippen MR) is 58.2 cm³/mol. The van der Waals surface area contributed by atoms with Gasteiger partial charge in [0.05, 0.1) is 22.3 Å². The lowest BCUT2D eigenvalue weighted by Gasteiger charge is -1.96. The van der Waals surface area contributed by atoms with E-state index in [-0.39, 0.29) is 5.78 Å². The van der Waals surface area contributed by atoms with E-state index in [1.165, 1.54) is 11.5 Å². The Morgan fingerprint density at radius 1 is 1.47 bits per heavy atom. The van der Waals surface area contributed by atoms with Gasteiger partial charge in [-0.05, 0) is 31.4 Å². The molecule has 0 fully saturated rings. The Bertz CT molecular complexity index is 512. The molecule has 0 N–H and O–H groups in total. The molecule has 0 aliphatic heterocycles. The second-order valence-corrected chi connectivity index (χ2v) is 4.23. The van der Waals surface area contributed by atoms with Gasteiger partial charge in [-0.2, -0.15) is 9.47 Å². The molecule has 0 amide bonds. The highest BCUT2D eigenvalue weighted by Gasteiger charge is 2.16. The number of rotatable bonds is 2. The molecule has 0 aliphatic rings. The van der Waals surface area contributed by atoms with Gasteiger partial charge in [-0.3, -0.25) is 9.48 Å². The van der Waals surface area contributed by atoms with Gasteiger partial charge in [0.1, 0.15) is 0 Å². The molecule has 78 valence electrons. The van der Waals surface area contributed by atoms with Crippen LogP contribution in [0.3, 0.4) is 0 Å². The van der Waals surface area contributed by atoms with Crippen molar-refractivity contribution in [1.29, 1.82) is 0 Å². The minimum absolute atomic E-state index is 0.00574. The van der Waals surface area contributed by atoms with Gasteiger partial charge in [0.25, 0.3) is 0 Å². The first-order valence-corrected chi connectivity index (χ1v) is 5.33. The summed E-state index contributed by atoms with van der Waals surface area (Å²) in [5.41, 5.74) is 2.41. The Morgan fingerprint density at radius 3 is 2.67 bits per heavy atom. The van der Waals surface area contributed by atoms with Gasteiger partial charge in [-0.25, -0.2) is 0 Å². The molecule has 2 rings (SSSR count). The minimum atomic E-state index is 0.00574. The maximum absolute atomic E-state index is 12.0. The van der Waals surface area contributed by atoms with Crippen LogP contribution in [0.2, 0.25) is 0 Å². The molecule has 0 aliphatic carbocycles. The molecule has 4 nitrogen and oxygen atoms in total. The van der Waals surface area contributed by atoms with Gasteiger partial charge in [0, 0.05) is 12.7 Å². The fourth-order valence-electron chi connectivity index (χ4n) is 1.32. The summed E-state index contributed by atoms with van der Waals surface area (Å²) in [5.74, 6) is 0.00574. The molecule has 0 saturated heterocycles. The SMILES string of the molecule is Cc1cc(C(=O)c2cnn(C)c2C)sn1. The fraction of sp³-hybridized carbons (Fsp3) is 0.300. The van der Waals surface area contributed by atoms with Crippen LogP contribution < -0.4 is 0 Å². The second-order valence-electron chi connectivity index (χ2n) is 3.43. The average molecular weight is 221 g/mol. The zero-order chi connectivity index (χ0) is 11.0. The number of carbonyl (C=O) groups excluding carboxylic acids is 1. The number of hydrogen-bond acceptors (Lipinski definition) is 4. The molecule has 0 aromatic carbocycles. The first-order valence-electron chi connectivity index (χ1n) is 4.56. The monoisotopic (exact) mass is 221 g/mol. The molecule has 0 spiro atoms. The van der Waals surface area contributed by atoms with Gasteiger partial charge in [-0.1, -0.05) is 0 Å². The summed E-state index contributed by atoms with van der Waals surface area (Å²) in [6.45, 7) is 3.76. The first kappa shape index (κ1) is 10.0. The van der Waals surface area contributed by atoms with Crippen molar-refractivity contribution in [2.45, 2.75) is 13.8 Å². The van der Waals surface area contributed by atoms with E-state index in [2.05, 4.69) is 9.47 Å². The number of ketones is 1. The van der Waals surface area contributed by atoms with Crippen LogP contribution >= 0.6 is 11.5 Å². The minimum Gasteiger partial charge on any atom is -0.288 e. The van der Waals surface area contributed by atoms with E-state index in [0.29, 0.717) is 10.4 Å². The summed E-state index contributed by atoms with van der Waals surface area (Å²) in [6, 6.07) is 1.80. The first-order chi connectivity index (χ1) is 7.09. The Morgan fingerprint density at radius 2 is 2.20 bits per heavy atom. The molecule has 2 aromatic heterocycles. The highest BCUT2D eigenvalue weighted by molar-refractivity contribution is 7.08. The van der Waals surface area contributed by atoms with E-state index >= 15 is 0 Å². The normalized spacial score (nSPS) is 10.6. The van der Waals surface area contributed by atoms with E-state index in [1.54, 1.807) is 16.9 Å². The lowest BCUT2D eigenvalue weighted by atomic mass is 10.1. The molecule has 0 unspecified atom stereocenters. The highest BCUT2D eigenvalue weighted by atomic mass is 32.1. The van der Waals surface area contributed by atoms with Gasteiger partial charge in [0.15, 0.2) is 0 Å². The third-order valence-corrected chi connectivity index (χ3v) is 3.21. The maximum atomic E-state index is 12.0. The van der Waals surface area contributed by atoms with Gasteiger partial charge < -0.3 is 0 Å². The number of aromatic nitrogens is 3. The molecule has 2 heterocycles. The Hall–Kier alpha value is -1.49. The van der Waals surface area contributed by atoms with Gasteiger partial charge >= 0.3 is 0 Å². The maximum Gasteiger partial charge on any atom is 0.207 e. The number of aryl methyl sites for hydroxylation is 2. The molecule has 5 heteroatoms. The number of hydrogen-bond donors (Lipinski definition) is 0. The average Bonchev–Trinajstić information content (AvgIpc) is 2.75. The molecular weight excluding hydrogens is 210 g/mol. The Labute approximate surface area is 91.7 Å². The number of nitrogens with zero attached hydrogens (tertiary/aromatic N) is 3. The van der Waals surface area contributed by atoms with Crippen molar-refractivity contribution in [3.05, 3.63) is 34.1 Å². The van der Waals surface area contributed by atoms with Crippen molar-refractivity contribution in [3.8, 4) is 0 Å². The Kier molecular flexibility index (Phi) is 2.40. The van der Waals surface area contributed by atoms with Crippen LogP contribution in [0.5, 0.6) is 0 Å². The molecule has 0 radical (unpaired) electrons.